The topological polar surface area (TPSA) is 140 Å². The third kappa shape index (κ3) is 7.20. The molecule has 3 saturated heterocycles. The van der Waals surface area contributed by atoms with E-state index in [-0.39, 0.29) is 42.8 Å². The SMILES string of the molecule is N#Cc1ccc(OC2CC3CCC(C2)N3C(=O)c2ccc(C#CC3CCC(CN4Cc5cc6c(cc5C4)C(=O)N(C4CCC(=O)NC4=O)C6=O)CC3)cc2)cc1Cl. The molecule has 0 spiro atoms. The van der Waals surface area contributed by atoms with Crippen molar-refractivity contribution in [2.75, 3.05) is 6.54 Å². The van der Waals surface area contributed by atoms with E-state index in [0.29, 0.717) is 58.0 Å². The number of amides is 5. The van der Waals surface area contributed by atoms with Crippen molar-refractivity contribution in [3.05, 3.63) is 98.6 Å². The zero-order valence-electron chi connectivity index (χ0n) is 31.5. The van der Waals surface area contributed by atoms with Crippen LogP contribution in [0.5, 0.6) is 5.75 Å². The number of hydrogen-bond acceptors (Lipinski definition) is 8. The van der Waals surface area contributed by atoms with Crippen molar-refractivity contribution < 1.29 is 28.7 Å². The van der Waals surface area contributed by atoms with Crippen LogP contribution in [0.1, 0.15) is 118 Å². The lowest BCUT2D eigenvalue weighted by molar-refractivity contribution is -0.136. The number of imide groups is 2. The van der Waals surface area contributed by atoms with Crippen LogP contribution in [0.3, 0.4) is 0 Å². The van der Waals surface area contributed by atoms with Gasteiger partial charge in [0.2, 0.25) is 11.8 Å². The number of ether oxygens (including phenoxy) is 1. The highest BCUT2D eigenvalue weighted by molar-refractivity contribution is 6.31. The number of halogens is 1. The van der Waals surface area contributed by atoms with Crippen molar-refractivity contribution >= 4 is 41.1 Å². The first-order valence-electron chi connectivity index (χ1n) is 20.0. The second kappa shape index (κ2) is 15.1. The van der Waals surface area contributed by atoms with E-state index in [9.17, 15) is 24.0 Å². The van der Waals surface area contributed by atoms with Crippen molar-refractivity contribution in [2.45, 2.75) is 102 Å². The lowest BCUT2D eigenvalue weighted by Gasteiger charge is -2.39. The minimum absolute atomic E-state index is 0.00840. The van der Waals surface area contributed by atoms with Gasteiger partial charge in [-0.2, -0.15) is 5.26 Å². The number of fused-ring (bicyclic) bond motifs is 4. The fourth-order valence-corrected chi connectivity index (χ4v) is 10.1. The number of carbonyl (C=O) groups is 5. The van der Waals surface area contributed by atoms with Crippen molar-refractivity contribution in [3.8, 4) is 23.7 Å². The highest BCUT2D eigenvalue weighted by Gasteiger charge is 2.46. The molecule has 5 heterocycles. The van der Waals surface area contributed by atoms with E-state index >= 15 is 0 Å². The molecule has 0 radical (unpaired) electrons. The van der Waals surface area contributed by atoms with Crippen LogP contribution in [0, 0.1) is 35.0 Å². The summed E-state index contributed by atoms with van der Waals surface area (Å²) in [6.45, 7) is 2.37. The molecule has 3 aromatic rings. The quantitative estimate of drug-likeness (QED) is 0.237. The molecule has 12 heteroatoms. The first kappa shape index (κ1) is 37.1. The van der Waals surface area contributed by atoms with Gasteiger partial charge in [0.05, 0.1) is 21.7 Å². The summed E-state index contributed by atoms with van der Waals surface area (Å²) in [7, 11) is 0. The van der Waals surface area contributed by atoms with E-state index in [1.165, 1.54) is 0 Å². The number of carbonyl (C=O) groups excluding carboxylic acids is 5. The summed E-state index contributed by atoms with van der Waals surface area (Å²) in [5.74, 6) is 6.52. The van der Waals surface area contributed by atoms with Gasteiger partial charge in [0.25, 0.3) is 17.7 Å². The van der Waals surface area contributed by atoms with Crippen LogP contribution in [-0.4, -0.2) is 75.0 Å². The predicted molar refractivity (Wildman–Crippen MR) is 209 cm³/mol. The third-order valence-electron chi connectivity index (χ3n) is 12.8. The van der Waals surface area contributed by atoms with Crippen LogP contribution in [0.25, 0.3) is 0 Å². The Labute approximate surface area is 336 Å². The van der Waals surface area contributed by atoms with Gasteiger partial charge in [0, 0.05) is 74.1 Å². The summed E-state index contributed by atoms with van der Waals surface area (Å²) in [4.78, 5) is 69.8. The first-order valence-corrected chi connectivity index (χ1v) is 20.4. The van der Waals surface area contributed by atoms with Crippen LogP contribution in [0.2, 0.25) is 5.02 Å². The van der Waals surface area contributed by atoms with Gasteiger partial charge in [-0.05, 0) is 111 Å². The summed E-state index contributed by atoms with van der Waals surface area (Å²) < 4.78 is 6.25. The maximum absolute atomic E-state index is 13.7. The second-order valence-corrected chi connectivity index (χ2v) is 16.8. The molecule has 3 unspecified atom stereocenters. The standard InChI is InChI=1S/C45H42ClN5O6/c46-39-21-35(14-11-30(39)22-47)57-36-19-33-12-13-34(20-36)50(33)43(54)29-9-7-27(8-10-29)2-1-26-3-5-28(6-4-26)23-49-24-31-17-37-38(18-32(31)25-49)45(56)51(44(37)55)40-15-16-41(52)48-42(40)53/h7-11,14,17-18,21,26,28,33-34,36,40H,3-6,12-13,15-16,19-20,23-25H2,(H,48,52,53). The van der Waals surface area contributed by atoms with Crippen LogP contribution >= 0.6 is 11.6 Å². The lowest BCUT2D eigenvalue weighted by Crippen LogP contribution is -2.54. The Kier molecular flexibility index (Phi) is 9.84. The monoisotopic (exact) mass is 783 g/mol. The fraction of sp³-hybridized carbons (Fsp3) is 0.422. The van der Waals surface area contributed by atoms with Crippen molar-refractivity contribution in [1.29, 1.82) is 5.26 Å². The van der Waals surface area contributed by atoms with E-state index in [0.717, 1.165) is 79.5 Å². The Bertz CT molecular complexity index is 2240. The number of rotatable bonds is 6. The number of nitrogens with zero attached hydrogens (tertiary/aromatic N) is 4. The molecule has 1 saturated carbocycles. The van der Waals surface area contributed by atoms with E-state index in [2.05, 4.69) is 33.0 Å². The molecule has 6 aliphatic rings. The third-order valence-corrected chi connectivity index (χ3v) is 13.1. The van der Waals surface area contributed by atoms with Gasteiger partial charge >= 0.3 is 0 Å². The normalized spacial score (nSPS) is 26.7. The molecule has 57 heavy (non-hydrogen) atoms. The smallest absolute Gasteiger partial charge is 0.262 e. The van der Waals surface area contributed by atoms with Gasteiger partial charge in [0.1, 0.15) is 24.0 Å². The molecule has 0 aromatic heterocycles. The van der Waals surface area contributed by atoms with Gasteiger partial charge in [-0.15, -0.1) is 0 Å². The molecule has 2 bridgehead atoms. The molecule has 1 N–H and O–H groups in total. The molecule has 9 rings (SSSR count). The van der Waals surface area contributed by atoms with Crippen LogP contribution in [-0.2, 0) is 22.7 Å². The Morgan fingerprint density at radius 1 is 0.842 bits per heavy atom. The summed E-state index contributed by atoms with van der Waals surface area (Å²) in [6, 6.07) is 17.9. The summed E-state index contributed by atoms with van der Waals surface area (Å²) in [5.41, 5.74) is 4.77. The van der Waals surface area contributed by atoms with Gasteiger partial charge < -0.3 is 9.64 Å². The Hall–Kier alpha value is -5.49. The van der Waals surface area contributed by atoms with E-state index < -0.39 is 23.8 Å². The highest BCUT2D eigenvalue weighted by Crippen LogP contribution is 2.39. The van der Waals surface area contributed by atoms with Crippen molar-refractivity contribution in [2.24, 2.45) is 11.8 Å². The van der Waals surface area contributed by atoms with Gasteiger partial charge in [0.15, 0.2) is 0 Å². The average Bonchev–Trinajstić information content (AvgIpc) is 3.81. The van der Waals surface area contributed by atoms with Crippen molar-refractivity contribution in [3.63, 3.8) is 0 Å². The number of nitrogens with one attached hydrogen (secondary N) is 1. The highest BCUT2D eigenvalue weighted by atomic mass is 35.5. The number of benzene rings is 3. The van der Waals surface area contributed by atoms with Gasteiger partial charge in [-0.1, -0.05) is 23.4 Å². The van der Waals surface area contributed by atoms with E-state index in [4.69, 9.17) is 21.6 Å². The Morgan fingerprint density at radius 3 is 2.12 bits per heavy atom. The van der Waals surface area contributed by atoms with Crippen LogP contribution in [0.15, 0.2) is 54.6 Å². The minimum atomic E-state index is -0.959. The van der Waals surface area contributed by atoms with Crippen molar-refractivity contribution in [1.82, 2.24) is 20.0 Å². The molecule has 4 fully saturated rings. The van der Waals surface area contributed by atoms with E-state index in [1.54, 1.807) is 18.2 Å². The number of nitriles is 1. The molecule has 3 atom stereocenters. The maximum Gasteiger partial charge on any atom is 0.262 e. The molecular weight excluding hydrogens is 742 g/mol. The summed E-state index contributed by atoms with van der Waals surface area (Å²) in [6.07, 6.45) is 7.91. The van der Waals surface area contributed by atoms with Crippen LogP contribution < -0.4 is 10.1 Å². The molecule has 5 aliphatic heterocycles. The molecule has 3 aromatic carbocycles. The zero-order valence-corrected chi connectivity index (χ0v) is 32.2. The maximum atomic E-state index is 13.7. The predicted octanol–water partition coefficient (Wildman–Crippen LogP) is 6.00. The number of piperidine rings is 2. The number of hydrogen-bond donors (Lipinski definition) is 1. The second-order valence-electron chi connectivity index (χ2n) is 16.4. The van der Waals surface area contributed by atoms with Crippen LogP contribution in [0.4, 0.5) is 0 Å². The molecule has 11 nitrogen and oxygen atoms in total. The molecule has 290 valence electrons. The van der Waals surface area contributed by atoms with Gasteiger partial charge in [-0.25, -0.2) is 0 Å². The fourth-order valence-electron chi connectivity index (χ4n) is 9.86. The van der Waals surface area contributed by atoms with E-state index in [1.807, 2.05) is 36.4 Å². The zero-order chi connectivity index (χ0) is 39.4. The molecular formula is C45H42ClN5O6. The summed E-state index contributed by atoms with van der Waals surface area (Å²) in [5, 5.41) is 11.8. The molecule has 5 amide bonds. The summed E-state index contributed by atoms with van der Waals surface area (Å²) >= 11 is 6.21. The lowest BCUT2D eigenvalue weighted by atomic mass is 9.82. The minimum Gasteiger partial charge on any atom is -0.490 e. The first-order chi connectivity index (χ1) is 27.6. The Balaban J connectivity index is 0.743. The average molecular weight is 784 g/mol. The molecule has 1 aliphatic carbocycles. The van der Waals surface area contributed by atoms with Gasteiger partial charge in [-0.3, -0.25) is 39.1 Å². The largest absolute Gasteiger partial charge is 0.490 e. The Morgan fingerprint density at radius 2 is 1.51 bits per heavy atom.